The zero-order chi connectivity index (χ0) is 22.8. The number of esters is 1. The summed E-state index contributed by atoms with van der Waals surface area (Å²) in [4.78, 5) is 29.6. The highest BCUT2D eigenvalue weighted by atomic mass is 35.5. The molecule has 2 aromatic carbocycles. The van der Waals surface area contributed by atoms with E-state index in [4.69, 9.17) is 22.1 Å². The number of hydrogen-bond donors (Lipinski definition) is 1. The topological polar surface area (TPSA) is 85.5 Å². The number of nitrogen functional groups attached to an aromatic ring is 1. The molecular weight excluding hydrogens is 455 g/mol. The molecule has 3 aromatic rings. The standard InChI is InChI=1S/C20H15ClF3N3O3S/c1-11(28)27(15-4-2-3-12(7-15)20(22,23)24)19-26-14(10-31-19)9-30-18(29)16-6-5-13(21)8-17(16)25/h2-8,10H,9,25H2,1H3. The van der Waals surface area contributed by atoms with Gasteiger partial charge in [0.1, 0.15) is 6.61 Å². The van der Waals surface area contributed by atoms with Crippen molar-refractivity contribution in [1.29, 1.82) is 0 Å². The average molecular weight is 470 g/mol. The normalized spacial score (nSPS) is 11.3. The van der Waals surface area contributed by atoms with Crippen LogP contribution in [-0.4, -0.2) is 16.9 Å². The molecule has 0 aliphatic carbocycles. The van der Waals surface area contributed by atoms with Gasteiger partial charge in [0, 0.05) is 23.0 Å². The fraction of sp³-hybridized carbons (Fsp3) is 0.150. The Hall–Kier alpha value is -3.11. The van der Waals surface area contributed by atoms with Crippen molar-refractivity contribution in [3.8, 4) is 0 Å². The molecule has 0 aliphatic heterocycles. The van der Waals surface area contributed by atoms with Gasteiger partial charge in [0.05, 0.1) is 22.5 Å². The van der Waals surface area contributed by atoms with Crippen LogP contribution < -0.4 is 10.6 Å². The number of rotatable bonds is 5. The van der Waals surface area contributed by atoms with Crippen LogP contribution in [0.2, 0.25) is 5.02 Å². The molecule has 0 atom stereocenters. The molecule has 11 heteroatoms. The Morgan fingerprint density at radius 2 is 1.97 bits per heavy atom. The molecule has 6 nitrogen and oxygen atoms in total. The molecule has 0 aliphatic rings. The van der Waals surface area contributed by atoms with Crippen LogP contribution in [0.4, 0.5) is 29.7 Å². The van der Waals surface area contributed by atoms with Gasteiger partial charge in [0.25, 0.3) is 0 Å². The Morgan fingerprint density at radius 3 is 2.61 bits per heavy atom. The van der Waals surface area contributed by atoms with Crippen molar-refractivity contribution in [2.75, 3.05) is 10.6 Å². The van der Waals surface area contributed by atoms with E-state index in [1.54, 1.807) is 0 Å². The second kappa shape index (κ2) is 8.94. The van der Waals surface area contributed by atoms with Crippen LogP contribution in [0.1, 0.15) is 28.5 Å². The van der Waals surface area contributed by atoms with Crippen molar-refractivity contribution in [3.05, 3.63) is 69.7 Å². The average Bonchev–Trinajstić information content (AvgIpc) is 3.14. The maximum atomic E-state index is 13.0. The molecule has 0 bridgehead atoms. The Labute approximate surface area is 184 Å². The fourth-order valence-corrected chi connectivity index (χ4v) is 3.70. The quantitative estimate of drug-likeness (QED) is 0.397. The Bertz CT molecular complexity index is 1130. The number of hydrogen-bond acceptors (Lipinski definition) is 6. The number of anilines is 3. The molecule has 162 valence electrons. The zero-order valence-electron chi connectivity index (χ0n) is 15.9. The van der Waals surface area contributed by atoms with Gasteiger partial charge in [0.2, 0.25) is 5.91 Å². The summed E-state index contributed by atoms with van der Waals surface area (Å²) in [6.45, 7) is 0.996. The van der Waals surface area contributed by atoms with E-state index in [2.05, 4.69) is 4.98 Å². The van der Waals surface area contributed by atoms with Gasteiger partial charge in [-0.15, -0.1) is 11.3 Å². The molecule has 3 rings (SSSR count). The number of ether oxygens (including phenoxy) is 1. The predicted molar refractivity (Wildman–Crippen MR) is 111 cm³/mol. The summed E-state index contributed by atoms with van der Waals surface area (Å²) in [5.41, 5.74) is 5.50. The number of alkyl halides is 3. The van der Waals surface area contributed by atoms with Crippen LogP contribution in [-0.2, 0) is 22.3 Å². The van der Waals surface area contributed by atoms with Gasteiger partial charge in [-0.05, 0) is 36.4 Å². The highest BCUT2D eigenvalue weighted by Gasteiger charge is 2.31. The van der Waals surface area contributed by atoms with Gasteiger partial charge < -0.3 is 10.5 Å². The minimum atomic E-state index is -4.55. The van der Waals surface area contributed by atoms with E-state index in [0.29, 0.717) is 10.7 Å². The first kappa shape index (κ1) is 22.6. The van der Waals surface area contributed by atoms with E-state index in [0.717, 1.165) is 28.4 Å². The first-order valence-electron chi connectivity index (χ1n) is 8.71. The van der Waals surface area contributed by atoms with E-state index in [9.17, 15) is 22.8 Å². The molecule has 31 heavy (non-hydrogen) atoms. The molecule has 0 spiro atoms. The number of aromatic nitrogens is 1. The summed E-state index contributed by atoms with van der Waals surface area (Å²) in [5, 5.41) is 2.05. The Balaban J connectivity index is 1.78. The minimum Gasteiger partial charge on any atom is -0.455 e. The Kier molecular flexibility index (Phi) is 6.51. The highest BCUT2D eigenvalue weighted by Crippen LogP contribution is 2.35. The lowest BCUT2D eigenvalue weighted by Gasteiger charge is -2.19. The number of carbonyl (C=O) groups is 2. The van der Waals surface area contributed by atoms with Gasteiger partial charge in [0.15, 0.2) is 5.13 Å². The van der Waals surface area contributed by atoms with Crippen molar-refractivity contribution >= 4 is 51.3 Å². The van der Waals surface area contributed by atoms with E-state index in [1.807, 2.05) is 0 Å². The highest BCUT2D eigenvalue weighted by molar-refractivity contribution is 7.14. The summed E-state index contributed by atoms with van der Waals surface area (Å²) in [7, 11) is 0. The number of nitrogens with two attached hydrogens (primary N) is 1. The third kappa shape index (κ3) is 5.33. The largest absolute Gasteiger partial charge is 0.455 e. The molecule has 0 fully saturated rings. The first-order valence-corrected chi connectivity index (χ1v) is 9.96. The molecule has 1 aromatic heterocycles. The van der Waals surface area contributed by atoms with Crippen LogP contribution in [0.15, 0.2) is 47.8 Å². The minimum absolute atomic E-state index is 0.0224. The molecule has 0 unspecified atom stereocenters. The van der Waals surface area contributed by atoms with Gasteiger partial charge in [-0.3, -0.25) is 9.69 Å². The van der Waals surface area contributed by atoms with Crippen LogP contribution >= 0.6 is 22.9 Å². The van der Waals surface area contributed by atoms with Crippen molar-refractivity contribution in [2.24, 2.45) is 0 Å². The monoisotopic (exact) mass is 469 g/mol. The van der Waals surface area contributed by atoms with Crippen LogP contribution in [0.5, 0.6) is 0 Å². The third-order valence-corrected chi connectivity index (χ3v) is 5.17. The number of thiazole rings is 1. The smallest absolute Gasteiger partial charge is 0.416 e. The summed E-state index contributed by atoms with van der Waals surface area (Å²) in [6.07, 6.45) is -4.55. The molecule has 0 radical (unpaired) electrons. The fourth-order valence-electron chi connectivity index (χ4n) is 2.65. The third-order valence-electron chi connectivity index (χ3n) is 4.06. The van der Waals surface area contributed by atoms with Gasteiger partial charge in [-0.1, -0.05) is 17.7 Å². The molecule has 2 N–H and O–H groups in total. The first-order chi connectivity index (χ1) is 14.6. The summed E-state index contributed by atoms with van der Waals surface area (Å²) < 4.78 is 44.3. The summed E-state index contributed by atoms with van der Waals surface area (Å²) in [5.74, 6) is -1.21. The number of benzene rings is 2. The lowest BCUT2D eigenvalue weighted by atomic mass is 10.2. The Morgan fingerprint density at radius 1 is 1.23 bits per heavy atom. The van der Waals surface area contributed by atoms with E-state index in [-0.39, 0.29) is 28.7 Å². The number of halogens is 4. The number of amides is 1. The van der Waals surface area contributed by atoms with E-state index in [1.165, 1.54) is 42.6 Å². The second-order valence-electron chi connectivity index (χ2n) is 6.33. The van der Waals surface area contributed by atoms with Gasteiger partial charge in [-0.2, -0.15) is 13.2 Å². The van der Waals surface area contributed by atoms with Gasteiger partial charge >= 0.3 is 12.1 Å². The maximum Gasteiger partial charge on any atom is 0.416 e. The van der Waals surface area contributed by atoms with E-state index >= 15 is 0 Å². The number of nitrogens with zero attached hydrogens (tertiary/aromatic N) is 2. The lowest BCUT2D eigenvalue weighted by molar-refractivity contribution is -0.137. The van der Waals surface area contributed by atoms with Crippen molar-refractivity contribution in [1.82, 2.24) is 4.98 Å². The molecule has 1 heterocycles. The molecule has 0 saturated heterocycles. The molecular formula is C20H15ClF3N3O3S. The van der Waals surface area contributed by atoms with Crippen LogP contribution in [0.25, 0.3) is 0 Å². The zero-order valence-corrected chi connectivity index (χ0v) is 17.5. The van der Waals surface area contributed by atoms with Crippen molar-refractivity contribution in [2.45, 2.75) is 19.7 Å². The maximum absolute atomic E-state index is 13.0. The van der Waals surface area contributed by atoms with E-state index < -0.39 is 23.6 Å². The van der Waals surface area contributed by atoms with Gasteiger partial charge in [-0.25, -0.2) is 9.78 Å². The molecule has 1 amide bonds. The second-order valence-corrected chi connectivity index (χ2v) is 7.60. The molecule has 0 saturated carbocycles. The summed E-state index contributed by atoms with van der Waals surface area (Å²) in [6, 6.07) is 8.70. The lowest BCUT2D eigenvalue weighted by Crippen LogP contribution is -2.23. The van der Waals surface area contributed by atoms with Crippen molar-refractivity contribution in [3.63, 3.8) is 0 Å². The SMILES string of the molecule is CC(=O)N(c1cccc(C(F)(F)F)c1)c1nc(COC(=O)c2ccc(Cl)cc2N)cs1. The summed E-state index contributed by atoms with van der Waals surface area (Å²) >= 11 is 6.83. The number of carbonyl (C=O) groups excluding carboxylic acids is 2. The van der Waals surface area contributed by atoms with Crippen LogP contribution in [0, 0.1) is 0 Å². The van der Waals surface area contributed by atoms with Crippen molar-refractivity contribution < 1.29 is 27.5 Å². The predicted octanol–water partition coefficient (Wildman–Crippen LogP) is 5.44. The van der Waals surface area contributed by atoms with Crippen LogP contribution in [0.3, 0.4) is 0 Å².